The van der Waals surface area contributed by atoms with Crippen LogP contribution in [0.3, 0.4) is 0 Å². The molecule has 3 aromatic rings. The summed E-state index contributed by atoms with van der Waals surface area (Å²) >= 11 is 0. The predicted molar refractivity (Wildman–Crippen MR) is 98.2 cm³/mol. The summed E-state index contributed by atoms with van der Waals surface area (Å²) in [5.41, 5.74) is 3.39. The summed E-state index contributed by atoms with van der Waals surface area (Å²) in [5.74, 6) is 1.26. The molecule has 1 aliphatic rings. The largest absolute Gasteiger partial charge is 0.361 e. The number of H-pyrrole nitrogens is 1. The molecule has 1 aromatic heterocycles. The number of carbonyl (C=O) groups is 1. The van der Waals surface area contributed by atoms with Gasteiger partial charge in [-0.05, 0) is 67.9 Å². The number of rotatable bonds is 4. The van der Waals surface area contributed by atoms with E-state index in [9.17, 15) is 4.79 Å². The SMILES string of the molecule is O=C(c1ccc2[nH]ccc2c1)C1CCC(Cc2ccccc2)CC1. The average molecular weight is 317 g/mol. The van der Waals surface area contributed by atoms with Crippen molar-refractivity contribution < 1.29 is 4.79 Å². The molecule has 2 nitrogen and oxygen atoms in total. The number of ketones is 1. The minimum atomic E-state index is 0.202. The summed E-state index contributed by atoms with van der Waals surface area (Å²) in [7, 11) is 0. The van der Waals surface area contributed by atoms with Gasteiger partial charge < -0.3 is 4.98 Å². The first-order chi connectivity index (χ1) is 11.8. The molecule has 0 aliphatic heterocycles. The minimum Gasteiger partial charge on any atom is -0.361 e. The van der Waals surface area contributed by atoms with E-state index >= 15 is 0 Å². The fraction of sp³-hybridized carbons (Fsp3) is 0.318. The lowest BCUT2D eigenvalue weighted by atomic mass is 9.76. The van der Waals surface area contributed by atoms with Gasteiger partial charge in [-0.25, -0.2) is 0 Å². The smallest absolute Gasteiger partial charge is 0.165 e. The number of nitrogens with one attached hydrogen (secondary N) is 1. The molecule has 1 heterocycles. The van der Waals surface area contributed by atoms with Crippen molar-refractivity contribution in [1.82, 2.24) is 4.98 Å². The van der Waals surface area contributed by atoms with Gasteiger partial charge in [0.2, 0.25) is 0 Å². The Morgan fingerprint density at radius 3 is 2.54 bits per heavy atom. The second-order valence-corrected chi connectivity index (χ2v) is 7.05. The van der Waals surface area contributed by atoms with Crippen molar-refractivity contribution >= 4 is 16.7 Å². The van der Waals surface area contributed by atoms with Crippen LogP contribution in [-0.4, -0.2) is 10.8 Å². The van der Waals surface area contributed by atoms with Gasteiger partial charge in [-0.2, -0.15) is 0 Å². The molecule has 0 amide bonds. The number of hydrogen-bond acceptors (Lipinski definition) is 1. The molecule has 0 unspecified atom stereocenters. The number of fused-ring (bicyclic) bond motifs is 1. The maximum Gasteiger partial charge on any atom is 0.165 e. The van der Waals surface area contributed by atoms with E-state index in [2.05, 4.69) is 35.3 Å². The zero-order chi connectivity index (χ0) is 16.4. The molecule has 0 saturated heterocycles. The molecule has 0 radical (unpaired) electrons. The zero-order valence-electron chi connectivity index (χ0n) is 13.9. The lowest BCUT2D eigenvalue weighted by Gasteiger charge is -2.27. The molecule has 1 aliphatic carbocycles. The topological polar surface area (TPSA) is 32.9 Å². The van der Waals surface area contributed by atoms with Crippen LogP contribution in [0.15, 0.2) is 60.8 Å². The van der Waals surface area contributed by atoms with E-state index in [0.29, 0.717) is 5.78 Å². The van der Waals surface area contributed by atoms with Crippen LogP contribution in [0, 0.1) is 11.8 Å². The number of benzene rings is 2. The third kappa shape index (κ3) is 3.14. The van der Waals surface area contributed by atoms with E-state index in [4.69, 9.17) is 0 Å². The summed E-state index contributed by atoms with van der Waals surface area (Å²) in [6.07, 6.45) is 7.46. The predicted octanol–water partition coefficient (Wildman–Crippen LogP) is 5.40. The van der Waals surface area contributed by atoms with Crippen LogP contribution in [0.2, 0.25) is 0 Å². The number of Topliss-reactive ketones (excluding diaryl/α,β-unsaturated/α-hetero) is 1. The fourth-order valence-electron chi connectivity index (χ4n) is 4.02. The second kappa shape index (κ2) is 6.64. The standard InChI is InChI=1S/C22H23NO/c24-22(20-10-11-21-19(15-20)12-13-23-21)18-8-6-17(7-9-18)14-16-4-2-1-3-5-16/h1-5,10-13,15,17-18,23H,6-9,14H2. The second-order valence-electron chi connectivity index (χ2n) is 7.05. The molecule has 0 atom stereocenters. The van der Waals surface area contributed by atoms with E-state index in [1.165, 1.54) is 5.56 Å². The number of aromatic nitrogens is 1. The van der Waals surface area contributed by atoms with Crippen molar-refractivity contribution in [3.63, 3.8) is 0 Å². The van der Waals surface area contributed by atoms with Crippen molar-refractivity contribution in [3.8, 4) is 0 Å². The van der Waals surface area contributed by atoms with E-state index in [1.807, 2.05) is 30.5 Å². The molecule has 2 heteroatoms. The van der Waals surface area contributed by atoms with E-state index < -0.39 is 0 Å². The zero-order valence-corrected chi connectivity index (χ0v) is 13.9. The Bertz CT molecular complexity index is 825. The minimum absolute atomic E-state index is 0.202. The number of hydrogen-bond donors (Lipinski definition) is 1. The Balaban J connectivity index is 1.39. The molecule has 122 valence electrons. The van der Waals surface area contributed by atoms with E-state index in [0.717, 1.165) is 54.5 Å². The van der Waals surface area contributed by atoms with Crippen LogP contribution >= 0.6 is 0 Å². The van der Waals surface area contributed by atoms with Gasteiger partial charge in [0.05, 0.1) is 0 Å². The monoisotopic (exact) mass is 317 g/mol. The lowest BCUT2D eigenvalue weighted by Crippen LogP contribution is -2.23. The summed E-state index contributed by atoms with van der Waals surface area (Å²) < 4.78 is 0. The van der Waals surface area contributed by atoms with Crippen LogP contribution in [-0.2, 0) is 6.42 Å². The molecule has 4 rings (SSSR count). The molecule has 24 heavy (non-hydrogen) atoms. The Morgan fingerprint density at radius 2 is 1.75 bits per heavy atom. The molecular weight excluding hydrogens is 294 g/mol. The summed E-state index contributed by atoms with van der Waals surface area (Å²) in [6, 6.07) is 18.8. The van der Waals surface area contributed by atoms with Crippen molar-refractivity contribution in [2.24, 2.45) is 11.8 Å². The van der Waals surface area contributed by atoms with Gasteiger partial charge in [0.15, 0.2) is 5.78 Å². The number of aromatic amines is 1. The summed E-state index contributed by atoms with van der Waals surface area (Å²) in [5, 5.41) is 1.12. The molecule has 1 N–H and O–H groups in total. The van der Waals surface area contributed by atoms with E-state index in [-0.39, 0.29) is 5.92 Å². The fourth-order valence-corrected chi connectivity index (χ4v) is 4.02. The van der Waals surface area contributed by atoms with Gasteiger partial charge in [0, 0.05) is 28.6 Å². The highest BCUT2D eigenvalue weighted by Gasteiger charge is 2.27. The molecule has 2 aromatic carbocycles. The van der Waals surface area contributed by atoms with Gasteiger partial charge in [-0.1, -0.05) is 30.3 Å². The van der Waals surface area contributed by atoms with Crippen molar-refractivity contribution in [2.45, 2.75) is 32.1 Å². The maximum atomic E-state index is 12.8. The van der Waals surface area contributed by atoms with Crippen molar-refractivity contribution in [1.29, 1.82) is 0 Å². The van der Waals surface area contributed by atoms with Crippen molar-refractivity contribution in [2.75, 3.05) is 0 Å². The summed E-state index contributed by atoms with van der Waals surface area (Å²) in [6.45, 7) is 0. The lowest BCUT2D eigenvalue weighted by molar-refractivity contribution is 0.0872. The van der Waals surface area contributed by atoms with Crippen LogP contribution in [0.25, 0.3) is 10.9 Å². The molecular formula is C22H23NO. The Labute approximate surface area is 142 Å². The maximum absolute atomic E-state index is 12.8. The first-order valence-electron chi connectivity index (χ1n) is 8.95. The Hall–Kier alpha value is -2.35. The number of carbonyl (C=O) groups excluding carboxylic acids is 1. The average Bonchev–Trinajstić information content (AvgIpc) is 3.10. The van der Waals surface area contributed by atoms with Gasteiger partial charge in [-0.3, -0.25) is 4.79 Å². The van der Waals surface area contributed by atoms with Gasteiger partial charge in [0.1, 0.15) is 0 Å². The summed E-state index contributed by atoms with van der Waals surface area (Å²) in [4.78, 5) is 16.0. The van der Waals surface area contributed by atoms with Gasteiger partial charge >= 0.3 is 0 Å². The third-order valence-corrected chi connectivity index (χ3v) is 5.42. The van der Waals surface area contributed by atoms with Crippen molar-refractivity contribution in [3.05, 3.63) is 71.9 Å². The van der Waals surface area contributed by atoms with Crippen LogP contribution in [0.4, 0.5) is 0 Å². The highest BCUT2D eigenvalue weighted by molar-refractivity contribution is 6.00. The molecule has 0 spiro atoms. The quantitative estimate of drug-likeness (QED) is 0.642. The normalized spacial score (nSPS) is 21.0. The third-order valence-electron chi connectivity index (χ3n) is 5.42. The first kappa shape index (κ1) is 15.2. The van der Waals surface area contributed by atoms with Crippen LogP contribution in [0.5, 0.6) is 0 Å². The molecule has 0 bridgehead atoms. The van der Waals surface area contributed by atoms with Crippen LogP contribution in [0.1, 0.15) is 41.6 Å². The molecule has 1 saturated carbocycles. The Kier molecular flexibility index (Phi) is 4.20. The highest BCUT2D eigenvalue weighted by Crippen LogP contribution is 2.33. The van der Waals surface area contributed by atoms with Gasteiger partial charge in [-0.15, -0.1) is 0 Å². The van der Waals surface area contributed by atoms with Gasteiger partial charge in [0.25, 0.3) is 0 Å². The first-order valence-corrected chi connectivity index (χ1v) is 8.95. The Morgan fingerprint density at radius 1 is 0.958 bits per heavy atom. The van der Waals surface area contributed by atoms with E-state index in [1.54, 1.807) is 0 Å². The molecule has 1 fully saturated rings. The van der Waals surface area contributed by atoms with Crippen LogP contribution < -0.4 is 0 Å². The highest BCUT2D eigenvalue weighted by atomic mass is 16.1.